The zero-order valence-electron chi connectivity index (χ0n) is 7.56. The molecule has 0 saturated heterocycles. The molecule has 0 amide bonds. The first-order chi connectivity index (χ1) is 6.63. The number of hydrogen-bond donors (Lipinski definition) is 1. The minimum Gasteiger partial charge on any atom is -0.495 e. The van der Waals surface area contributed by atoms with Crippen molar-refractivity contribution in [1.82, 2.24) is 4.98 Å². The van der Waals surface area contributed by atoms with Gasteiger partial charge in [0, 0.05) is 12.6 Å². The van der Waals surface area contributed by atoms with Gasteiger partial charge in [-0.05, 0) is 11.6 Å². The molecule has 0 atom stereocenters. The Hall–Kier alpha value is -1.91. The van der Waals surface area contributed by atoms with E-state index < -0.39 is 11.8 Å². The Labute approximate surface area is 80.3 Å². The van der Waals surface area contributed by atoms with Crippen LogP contribution in [-0.2, 0) is 16.0 Å². The van der Waals surface area contributed by atoms with E-state index in [0.29, 0.717) is 11.3 Å². The van der Waals surface area contributed by atoms with Crippen LogP contribution in [0.3, 0.4) is 0 Å². The van der Waals surface area contributed by atoms with Crippen molar-refractivity contribution in [2.75, 3.05) is 7.11 Å². The Bertz CT molecular complexity index is 362. The third-order valence-corrected chi connectivity index (χ3v) is 1.61. The van der Waals surface area contributed by atoms with Crippen LogP contribution >= 0.6 is 0 Å². The number of hydrogen-bond acceptors (Lipinski definition) is 4. The van der Waals surface area contributed by atoms with Crippen molar-refractivity contribution in [1.29, 1.82) is 0 Å². The molecule has 5 heteroatoms. The zero-order valence-corrected chi connectivity index (χ0v) is 7.56. The van der Waals surface area contributed by atoms with Crippen molar-refractivity contribution in [3.8, 4) is 5.75 Å². The standard InChI is InChI=1S/C9H9NO4/c1-14-7-2-6(4-10-5-7)3-8(11)9(12)13/h2,4-5H,3H2,1H3,(H,12,13). The third-order valence-electron chi connectivity index (χ3n) is 1.61. The number of carbonyl (C=O) groups excluding carboxylic acids is 1. The van der Waals surface area contributed by atoms with E-state index in [1.165, 1.54) is 19.5 Å². The van der Waals surface area contributed by atoms with E-state index >= 15 is 0 Å². The van der Waals surface area contributed by atoms with Crippen LogP contribution in [-0.4, -0.2) is 29.0 Å². The van der Waals surface area contributed by atoms with Gasteiger partial charge in [-0.3, -0.25) is 9.78 Å². The molecule has 1 heterocycles. The van der Waals surface area contributed by atoms with Gasteiger partial charge in [0.1, 0.15) is 5.75 Å². The van der Waals surface area contributed by atoms with Crippen LogP contribution in [0.4, 0.5) is 0 Å². The minimum atomic E-state index is -1.44. The number of nitrogens with zero attached hydrogens (tertiary/aromatic N) is 1. The van der Waals surface area contributed by atoms with Crippen LogP contribution in [0.2, 0.25) is 0 Å². The molecule has 1 aromatic heterocycles. The summed E-state index contributed by atoms with van der Waals surface area (Å²) < 4.78 is 4.88. The largest absolute Gasteiger partial charge is 0.495 e. The average Bonchev–Trinajstić information content (AvgIpc) is 2.18. The molecule has 0 fully saturated rings. The first-order valence-electron chi connectivity index (χ1n) is 3.87. The number of carboxylic acid groups (broad SMARTS) is 1. The Morgan fingerprint density at radius 3 is 2.79 bits per heavy atom. The SMILES string of the molecule is COc1cncc(CC(=O)C(=O)O)c1. The van der Waals surface area contributed by atoms with Gasteiger partial charge in [0.25, 0.3) is 0 Å². The molecule has 1 N–H and O–H groups in total. The highest BCUT2D eigenvalue weighted by molar-refractivity contribution is 6.33. The maximum Gasteiger partial charge on any atom is 0.372 e. The number of pyridine rings is 1. The van der Waals surface area contributed by atoms with Crippen LogP contribution in [0.25, 0.3) is 0 Å². The van der Waals surface area contributed by atoms with Gasteiger partial charge in [-0.1, -0.05) is 0 Å². The maximum absolute atomic E-state index is 10.8. The summed E-state index contributed by atoms with van der Waals surface area (Å²) in [5, 5.41) is 8.37. The predicted molar refractivity (Wildman–Crippen MR) is 47.1 cm³/mol. The van der Waals surface area contributed by atoms with E-state index in [1.54, 1.807) is 6.07 Å². The van der Waals surface area contributed by atoms with E-state index in [1.807, 2.05) is 0 Å². The van der Waals surface area contributed by atoms with Crippen LogP contribution in [0.15, 0.2) is 18.5 Å². The maximum atomic E-state index is 10.8. The molecule has 14 heavy (non-hydrogen) atoms. The fourth-order valence-electron chi connectivity index (χ4n) is 0.933. The van der Waals surface area contributed by atoms with Crippen molar-refractivity contribution >= 4 is 11.8 Å². The highest BCUT2D eigenvalue weighted by atomic mass is 16.5. The van der Waals surface area contributed by atoms with Gasteiger partial charge in [0.2, 0.25) is 5.78 Å². The van der Waals surface area contributed by atoms with E-state index in [-0.39, 0.29) is 6.42 Å². The number of aromatic nitrogens is 1. The highest BCUT2D eigenvalue weighted by Crippen LogP contribution is 2.10. The molecule has 1 rings (SSSR count). The topological polar surface area (TPSA) is 76.5 Å². The molecular formula is C9H9NO4. The molecule has 0 radical (unpaired) electrons. The molecule has 5 nitrogen and oxygen atoms in total. The molecule has 0 unspecified atom stereocenters. The van der Waals surface area contributed by atoms with Crippen LogP contribution in [0.5, 0.6) is 5.75 Å². The van der Waals surface area contributed by atoms with Crippen molar-refractivity contribution in [3.63, 3.8) is 0 Å². The van der Waals surface area contributed by atoms with E-state index in [4.69, 9.17) is 9.84 Å². The fourth-order valence-corrected chi connectivity index (χ4v) is 0.933. The summed E-state index contributed by atoms with van der Waals surface area (Å²) in [6.45, 7) is 0. The molecule has 1 aromatic rings. The normalized spacial score (nSPS) is 9.50. The molecule has 0 aliphatic heterocycles. The molecule has 0 aliphatic carbocycles. The van der Waals surface area contributed by atoms with Crippen molar-refractivity contribution in [2.45, 2.75) is 6.42 Å². The lowest BCUT2D eigenvalue weighted by Crippen LogP contribution is -2.15. The molecule has 0 saturated carbocycles. The average molecular weight is 195 g/mol. The van der Waals surface area contributed by atoms with E-state index in [9.17, 15) is 9.59 Å². The molecule has 0 aliphatic rings. The number of Topliss-reactive ketones (excluding diaryl/α,β-unsaturated/α-hetero) is 1. The number of ether oxygens (including phenoxy) is 1. The van der Waals surface area contributed by atoms with Gasteiger partial charge in [-0.25, -0.2) is 4.79 Å². The molecule has 0 bridgehead atoms. The van der Waals surface area contributed by atoms with Gasteiger partial charge >= 0.3 is 5.97 Å². The molecule has 0 aromatic carbocycles. The smallest absolute Gasteiger partial charge is 0.372 e. The van der Waals surface area contributed by atoms with Gasteiger partial charge in [-0.15, -0.1) is 0 Å². The first kappa shape index (κ1) is 10.2. The highest BCUT2D eigenvalue weighted by Gasteiger charge is 2.12. The van der Waals surface area contributed by atoms with Crippen molar-refractivity contribution in [3.05, 3.63) is 24.0 Å². The van der Waals surface area contributed by atoms with Crippen molar-refractivity contribution < 1.29 is 19.4 Å². The predicted octanol–water partition coefficient (Wildman–Crippen LogP) is 0.286. The second-order valence-electron chi connectivity index (χ2n) is 2.64. The summed E-state index contributed by atoms with van der Waals surface area (Å²) >= 11 is 0. The Morgan fingerprint density at radius 2 is 2.21 bits per heavy atom. The van der Waals surface area contributed by atoms with Gasteiger partial charge in [-0.2, -0.15) is 0 Å². The Balaban J connectivity index is 2.76. The first-order valence-corrected chi connectivity index (χ1v) is 3.87. The summed E-state index contributed by atoms with van der Waals surface area (Å²) in [5.74, 6) is -1.80. The molecule has 74 valence electrons. The molecule has 0 spiro atoms. The number of rotatable bonds is 4. The van der Waals surface area contributed by atoms with Crippen LogP contribution in [0.1, 0.15) is 5.56 Å². The fraction of sp³-hybridized carbons (Fsp3) is 0.222. The van der Waals surface area contributed by atoms with Gasteiger partial charge in [0.15, 0.2) is 0 Å². The summed E-state index contributed by atoms with van der Waals surface area (Å²) in [6, 6.07) is 1.58. The second-order valence-corrected chi connectivity index (χ2v) is 2.64. The second kappa shape index (κ2) is 4.36. The number of carbonyl (C=O) groups is 2. The lowest BCUT2D eigenvalue weighted by atomic mass is 10.1. The van der Waals surface area contributed by atoms with Crippen LogP contribution in [0, 0.1) is 0 Å². The van der Waals surface area contributed by atoms with Gasteiger partial charge < -0.3 is 9.84 Å². The summed E-state index contributed by atoms with van der Waals surface area (Å²) in [7, 11) is 1.47. The zero-order chi connectivity index (χ0) is 10.6. The van der Waals surface area contributed by atoms with E-state index in [2.05, 4.69) is 4.98 Å². The number of carboxylic acids is 1. The van der Waals surface area contributed by atoms with Crippen LogP contribution < -0.4 is 4.74 Å². The quantitative estimate of drug-likeness (QED) is 0.698. The number of ketones is 1. The third kappa shape index (κ3) is 2.55. The summed E-state index contributed by atoms with van der Waals surface area (Å²) in [5.41, 5.74) is 0.525. The summed E-state index contributed by atoms with van der Waals surface area (Å²) in [4.78, 5) is 24.9. The Morgan fingerprint density at radius 1 is 1.50 bits per heavy atom. The summed E-state index contributed by atoms with van der Waals surface area (Å²) in [6.07, 6.45) is 2.75. The molecular weight excluding hydrogens is 186 g/mol. The Kier molecular flexibility index (Phi) is 3.17. The number of methoxy groups -OCH3 is 1. The van der Waals surface area contributed by atoms with E-state index in [0.717, 1.165) is 0 Å². The lowest BCUT2D eigenvalue weighted by Gasteiger charge is -2.01. The van der Waals surface area contributed by atoms with Gasteiger partial charge in [0.05, 0.1) is 13.3 Å². The minimum absolute atomic E-state index is 0.167. The van der Waals surface area contributed by atoms with Crippen molar-refractivity contribution in [2.24, 2.45) is 0 Å². The number of aliphatic carboxylic acids is 1. The lowest BCUT2D eigenvalue weighted by molar-refractivity contribution is -0.148. The monoisotopic (exact) mass is 195 g/mol.